The highest BCUT2D eigenvalue weighted by atomic mass is 16.2. The van der Waals surface area contributed by atoms with Crippen molar-refractivity contribution < 1.29 is 9.59 Å². The molecule has 4 heteroatoms. The van der Waals surface area contributed by atoms with E-state index in [9.17, 15) is 9.59 Å². The van der Waals surface area contributed by atoms with Crippen molar-refractivity contribution in [1.29, 1.82) is 0 Å². The number of hydrogen-bond donors (Lipinski definition) is 1. The highest BCUT2D eigenvalue weighted by Gasteiger charge is 2.30. The summed E-state index contributed by atoms with van der Waals surface area (Å²) < 4.78 is 0. The monoisotopic (exact) mass is 246 g/mol. The van der Waals surface area contributed by atoms with Gasteiger partial charge in [0.1, 0.15) is 0 Å². The van der Waals surface area contributed by atoms with Crippen molar-refractivity contribution in [3.63, 3.8) is 0 Å². The number of carbonyl (C=O) groups is 2. The summed E-state index contributed by atoms with van der Waals surface area (Å²) in [6.07, 6.45) is 1.62. The van der Waals surface area contributed by atoms with E-state index in [2.05, 4.69) is 6.92 Å². The molecular formula is C14H18N2O2. The summed E-state index contributed by atoms with van der Waals surface area (Å²) in [6, 6.07) is 7.69. The fraction of sp³-hybridized carbons (Fsp3) is 0.429. The summed E-state index contributed by atoms with van der Waals surface area (Å²) in [5.74, 6) is -0.221. The van der Waals surface area contributed by atoms with Crippen LogP contribution in [0.1, 0.15) is 36.9 Å². The number of amides is 2. The lowest BCUT2D eigenvalue weighted by atomic mass is 10.0. The summed E-state index contributed by atoms with van der Waals surface area (Å²) in [6.45, 7) is 2.37. The molecule has 2 amide bonds. The largest absolute Gasteiger partial charge is 0.322 e. The van der Waals surface area contributed by atoms with E-state index in [4.69, 9.17) is 5.73 Å². The Morgan fingerprint density at radius 1 is 1.17 bits per heavy atom. The Hall–Kier alpha value is -1.68. The molecule has 18 heavy (non-hydrogen) atoms. The molecular weight excluding hydrogens is 228 g/mol. The van der Waals surface area contributed by atoms with Crippen LogP contribution in [0, 0.1) is 0 Å². The predicted octanol–water partition coefficient (Wildman–Crippen LogP) is 1.40. The highest BCUT2D eigenvalue weighted by Crippen LogP contribution is 2.18. The minimum Gasteiger partial charge on any atom is -0.322 e. The Balaban J connectivity index is 2.04. The van der Waals surface area contributed by atoms with Crippen molar-refractivity contribution in [2.45, 2.75) is 32.2 Å². The minimum atomic E-state index is -0.304. The molecule has 1 aromatic carbocycles. The first-order chi connectivity index (χ1) is 8.61. The number of imide groups is 1. The molecule has 1 heterocycles. The van der Waals surface area contributed by atoms with Crippen LogP contribution in [0.25, 0.3) is 0 Å². The quantitative estimate of drug-likeness (QED) is 0.817. The Labute approximate surface area is 107 Å². The van der Waals surface area contributed by atoms with E-state index < -0.39 is 0 Å². The third-order valence-electron chi connectivity index (χ3n) is 3.35. The van der Waals surface area contributed by atoms with Crippen LogP contribution in [0.3, 0.4) is 0 Å². The lowest BCUT2D eigenvalue weighted by Crippen LogP contribution is -2.36. The molecule has 0 radical (unpaired) electrons. The smallest absolute Gasteiger partial charge is 0.229 e. The molecule has 1 unspecified atom stereocenters. The summed E-state index contributed by atoms with van der Waals surface area (Å²) in [5.41, 5.74) is 8.25. The van der Waals surface area contributed by atoms with Crippen LogP contribution in [-0.2, 0) is 16.0 Å². The number of rotatable bonds is 4. The van der Waals surface area contributed by atoms with Gasteiger partial charge >= 0.3 is 0 Å². The first-order valence-electron chi connectivity index (χ1n) is 6.29. The third kappa shape index (κ3) is 2.59. The van der Waals surface area contributed by atoms with Crippen LogP contribution in [0.4, 0.5) is 0 Å². The van der Waals surface area contributed by atoms with Gasteiger partial charge in [-0.1, -0.05) is 31.2 Å². The molecule has 2 N–H and O–H groups in total. The normalized spacial score (nSPS) is 17.3. The van der Waals surface area contributed by atoms with Gasteiger partial charge in [0.25, 0.3) is 0 Å². The van der Waals surface area contributed by atoms with Gasteiger partial charge in [-0.05, 0) is 17.5 Å². The van der Waals surface area contributed by atoms with E-state index in [1.807, 2.05) is 24.3 Å². The van der Waals surface area contributed by atoms with Crippen molar-refractivity contribution in [3.8, 4) is 0 Å². The van der Waals surface area contributed by atoms with Crippen molar-refractivity contribution in [2.75, 3.05) is 6.54 Å². The zero-order valence-electron chi connectivity index (χ0n) is 10.6. The van der Waals surface area contributed by atoms with Gasteiger partial charge in [0, 0.05) is 25.4 Å². The molecule has 0 spiro atoms. The second-order valence-electron chi connectivity index (χ2n) is 4.60. The molecule has 0 saturated carbocycles. The van der Waals surface area contributed by atoms with Crippen molar-refractivity contribution >= 4 is 11.8 Å². The van der Waals surface area contributed by atoms with Gasteiger partial charge in [0.2, 0.25) is 11.8 Å². The molecule has 1 aromatic rings. The first-order valence-corrected chi connectivity index (χ1v) is 6.29. The highest BCUT2D eigenvalue weighted by molar-refractivity contribution is 6.01. The average Bonchev–Trinajstić information content (AvgIpc) is 2.70. The van der Waals surface area contributed by atoms with Crippen molar-refractivity contribution in [1.82, 2.24) is 4.90 Å². The van der Waals surface area contributed by atoms with E-state index in [0.29, 0.717) is 12.8 Å². The number of hydrogen-bond acceptors (Lipinski definition) is 3. The number of carbonyl (C=O) groups excluding carboxylic acids is 2. The van der Waals surface area contributed by atoms with Gasteiger partial charge in [-0.25, -0.2) is 0 Å². The van der Waals surface area contributed by atoms with Gasteiger partial charge in [-0.2, -0.15) is 0 Å². The zero-order chi connectivity index (χ0) is 13.1. The van der Waals surface area contributed by atoms with E-state index in [1.165, 1.54) is 10.5 Å². The summed E-state index contributed by atoms with van der Waals surface area (Å²) in [4.78, 5) is 24.3. The number of aryl methyl sites for hydroxylation is 1. The van der Waals surface area contributed by atoms with E-state index in [1.54, 1.807) is 0 Å². The minimum absolute atomic E-state index is 0.111. The number of nitrogens with two attached hydrogens (primary N) is 1. The lowest BCUT2D eigenvalue weighted by Gasteiger charge is -2.19. The van der Waals surface area contributed by atoms with Crippen molar-refractivity contribution in [3.05, 3.63) is 35.4 Å². The van der Waals surface area contributed by atoms with Crippen LogP contribution in [0.2, 0.25) is 0 Å². The predicted molar refractivity (Wildman–Crippen MR) is 68.7 cm³/mol. The summed E-state index contributed by atoms with van der Waals surface area (Å²) >= 11 is 0. The maximum atomic E-state index is 11.5. The third-order valence-corrected chi connectivity index (χ3v) is 3.35. The Bertz CT molecular complexity index is 437. The maximum absolute atomic E-state index is 11.5. The molecule has 1 fully saturated rings. The fourth-order valence-corrected chi connectivity index (χ4v) is 2.13. The molecule has 0 aromatic heterocycles. The standard InChI is InChI=1S/C14H18N2O2/c1-2-10-3-5-11(6-4-10)12(15)9-16-13(17)7-8-14(16)18/h3-6,12H,2,7-9,15H2,1H3. The van der Waals surface area contributed by atoms with E-state index in [-0.39, 0.29) is 24.4 Å². The second-order valence-corrected chi connectivity index (χ2v) is 4.60. The molecule has 0 bridgehead atoms. The molecule has 4 nitrogen and oxygen atoms in total. The SMILES string of the molecule is CCc1ccc(C(N)CN2C(=O)CCC2=O)cc1. The number of likely N-dealkylation sites (tertiary alicyclic amines) is 1. The fourth-order valence-electron chi connectivity index (χ4n) is 2.13. The van der Waals surface area contributed by atoms with Gasteiger partial charge < -0.3 is 5.73 Å². The number of nitrogens with zero attached hydrogens (tertiary/aromatic N) is 1. The zero-order valence-corrected chi connectivity index (χ0v) is 10.6. The molecule has 2 rings (SSSR count). The van der Waals surface area contributed by atoms with Crippen LogP contribution >= 0.6 is 0 Å². The van der Waals surface area contributed by atoms with Crippen LogP contribution in [0.15, 0.2) is 24.3 Å². The summed E-state index contributed by atoms with van der Waals surface area (Å²) in [7, 11) is 0. The van der Waals surface area contributed by atoms with Gasteiger partial charge in [0.15, 0.2) is 0 Å². The molecule has 1 atom stereocenters. The van der Waals surface area contributed by atoms with Crippen LogP contribution in [-0.4, -0.2) is 23.3 Å². The van der Waals surface area contributed by atoms with Gasteiger partial charge in [-0.3, -0.25) is 14.5 Å². The van der Waals surface area contributed by atoms with Crippen molar-refractivity contribution in [2.24, 2.45) is 5.73 Å². The molecule has 1 aliphatic rings. The van der Waals surface area contributed by atoms with E-state index in [0.717, 1.165) is 12.0 Å². The van der Waals surface area contributed by atoms with Crippen LogP contribution in [0.5, 0.6) is 0 Å². The summed E-state index contributed by atoms with van der Waals surface area (Å²) in [5, 5.41) is 0. The topological polar surface area (TPSA) is 63.4 Å². The Morgan fingerprint density at radius 2 is 1.72 bits per heavy atom. The Morgan fingerprint density at radius 3 is 2.22 bits per heavy atom. The first kappa shape index (κ1) is 12.8. The average molecular weight is 246 g/mol. The Kier molecular flexibility index (Phi) is 3.77. The van der Waals surface area contributed by atoms with Gasteiger partial charge in [-0.15, -0.1) is 0 Å². The molecule has 1 saturated heterocycles. The molecule has 96 valence electrons. The van der Waals surface area contributed by atoms with Gasteiger partial charge in [0.05, 0.1) is 0 Å². The molecule has 1 aliphatic heterocycles. The second kappa shape index (κ2) is 5.31. The maximum Gasteiger partial charge on any atom is 0.229 e. The molecule has 0 aliphatic carbocycles. The lowest BCUT2D eigenvalue weighted by molar-refractivity contribution is -0.138. The number of benzene rings is 1. The van der Waals surface area contributed by atoms with E-state index >= 15 is 0 Å². The van der Waals surface area contributed by atoms with Crippen LogP contribution < -0.4 is 5.73 Å².